The van der Waals surface area contributed by atoms with Crippen molar-refractivity contribution < 1.29 is 18.5 Å². The summed E-state index contributed by atoms with van der Waals surface area (Å²) in [6.07, 6.45) is 0. The van der Waals surface area contributed by atoms with E-state index in [1.165, 1.54) is 12.1 Å². The van der Waals surface area contributed by atoms with Crippen LogP contribution in [0.1, 0.15) is 16.1 Å². The molecule has 2 aromatic rings. The number of halogens is 2. The lowest BCUT2D eigenvalue weighted by Crippen LogP contribution is -2.50. The van der Waals surface area contributed by atoms with Gasteiger partial charge in [0.1, 0.15) is 11.6 Å². The first-order valence-corrected chi connectivity index (χ1v) is 8.50. The number of piperazine rings is 1. The summed E-state index contributed by atoms with van der Waals surface area (Å²) in [7, 11) is 0. The Morgan fingerprint density at radius 2 is 2.00 bits per heavy atom. The Bertz CT molecular complexity index is 818. The Morgan fingerprint density at radius 1 is 1.27 bits per heavy atom. The van der Waals surface area contributed by atoms with Gasteiger partial charge in [0.25, 0.3) is 5.91 Å². The van der Waals surface area contributed by atoms with Crippen molar-refractivity contribution in [2.75, 3.05) is 38.0 Å². The van der Waals surface area contributed by atoms with Crippen LogP contribution in [0.4, 0.5) is 10.2 Å². The van der Waals surface area contributed by atoms with Gasteiger partial charge in [-0.05, 0) is 25.1 Å². The maximum Gasteiger partial charge on any atom is 0.255 e. The molecule has 1 fully saturated rings. The molecule has 9 heteroatoms. The van der Waals surface area contributed by atoms with Crippen molar-refractivity contribution in [1.82, 2.24) is 15.0 Å². The van der Waals surface area contributed by atoms with E-state index in [9.17, 15) is 14.0 Å². The van der Waals surface area contributed by atoms with Gasteiger partial charge in [0.2, 0.25) is 5.91 Å². The van der Waals surface area contributed by atoms with Crippen LogP contribution in [0.3, 0.4) is 0 Å². The largest absolute Gasteiger partial charge is 0.360 e. The Hall–Kier alpha value is -2.45. The highest BCUT2D eigenvalue weighted by Crippen LogP contribution is 2.20. The van der Waals surface area contributed by atoms with Gasteiger partial charge in [-0.2, -0.15) is 0 Å². The highest BCUT2D eigenvalue weighted by molar-refractivity contribution is 6.33. The molecule has 0 unspecified atom stereocenters. The third kappa shape index (κ3) is 4.39. The van der Waals surface area contributed by atoms with Crippen LogP contribution >= 0.6 is 11.6 Å². The van der Waals surface area contributed by atoms with Gasteiger partial charge in [0, 0.05) is 32.2 Å². The second-order valence-electron chi connectivity index (χ2n) is 6.06. The molecule has 0 spiro atoms. The highest BCUT2D eigenvalue weighted by Gasteiger charge is 2.24. The van der Waals surface area contributed by atoms with Crippen LogP contribution in [0, 0.1) is 12.7 Å². The summed E-state index contributed by atoms with van der Waals surface area (Å²) in [5, 5.41) is 6.48. The van der Waals surface area contributed by atoms with Crippen LogP contribution in [0.25, 0.3) is 0 Å². The van der Waals surface area contributed by atoms with Gasteiger partial charge in [-0.1, -0.05) is 16.8 Å². The van der Waals surface area contributed by atoms with E-state index in [1.54, 1.807) is 17.9 Å². The molecule has 0 bridgehead atoms. The summed E-state index contributed by atoms with van der Waals surface area (Å²) >= 11 is 5.96. The standard InChI is InChI=1S/C17H18ClFN4O3/c1-11-8-15(21-26-11)20-16(24)10-22-4-6-23(7-5-22)17(25)13-3-2-12(19)9-14(13)18/h2-3,8-9H,4-7,10H2,1H3,(H,20,21,24). The maximum atomic E-state index is 13.1. The van der Waals surface area contributed by atoms with Crippen LogP contribution in [-0.2, 0) is 4.79 Å². The van der Waals surface area contributed by atoms with Crippen LogP contribution < -0.4 is 5.32 Å². The predicted molar refractivity (Wildman–Crippen MR) is 93.6 cm³/mol. The second kappa shape index (κ2) is 7.84. The van der Waals surface area contributed by atoms with Gasteiger partial charge in [-0.15, -0.1) is 0 Å². The quantitative estimate of drug-likeness (QED) is 0.879. The maximum absolute atomic E-state index is 13.1. The molecule has 0 saturated carbocycles. The van der Waals surface area contributed by atoms with Crippen molar-refractivity contribution in [3.05, 3.63) is 46.4 Å². The molecule has 2 amide bonds. The average molecular weight is 381 g/mol. The van der Waals surface area contributed by atoms with Gasteiger partial charge in [-0.3, -0.25) is 14.5 Å². The molecule has 1 aliphatic heterocycles. The lowest BCUT2D eigenvalue weighted by Gasteiger charge is -2.34. The number of anilines is 1. The topological polar surface area (TPSA) is 78.7 Å². The molecule has 3 rings (SSSR count). The number of hydrogen-bond donors (Lipinski definition) is 1. The number of carbonyl (C=O) groups excluding carboxylic acids is 2. The molecule has 1 aromatic heterocycles. The van der Waals surface area contributed by atoms with E-state index in [4.69, 9.17) is 16.1 Å². The van der Waals surface area contributed by atoms with Gasteiger partial charge in [0.05, 0.1) is 17.1 Å². The van der Waals surface area contributed by atoms with Crippen LogP contribution in [0.2, 0.25) is 5.02 Å². The Morgan fingerprint density at radius 3 is 2.62 bits per heavy atom. The van der Waals surface area contributed by atoms with E-state index in [0.717, 1.165) is 6.07 Å². The van der Waals surface area contributed by atoms with Crippen molar-refractivity contribution in [1.29, 1.82) is 0 Å². The second-order valence-corrected chi connectivity index (χ2v) is 6.47. The predicted octanol–water partition coefficient (Wildman–Crippen LogP) is 2.17. The molecule has 0 aliphatic carbocycles. The molecular formula is C17H18ClFN4O3. The third-order valence-corrected chi connectivity index (χ3v) is 4.40. The molecule has 1 saturated heterocycles. The minimum atomic E-state index is -0.482. The van der Waals surface area contributed by atoms with E-state index < -0.39 is 5.82 Å². The van der Waals surface area contributed by atoms with Crippen molar-refractivity contribution in [3.63, 3.8) is 0 Å². The molecule has 7 nitrogen and oxygen atoms in total. The third-order valence-electron chi connectivity index (χ3n) is 4.08. The minimum absolute atomic E-state index is 0.0970. The SMILES string of the molecule is Cc1cc(NC(=O)CN2CCN(C(=O)c3ccc(F)cc3Cl)CC2)no1. The lowest BCUT2D eigenvalue weighted by molar-refractivity contribution is -0.117. The number of rotatable bonds is 4. The molecular weight excluding hydrogens is 363 g/mol. The number of aromatic nitrogens is 1. The fraction of sp³-hybridized carbons (Fsp3) is 0.353. The number of aryl methyl sites for hydroxylation is 1. The summed E-state index contributed by atoms with van der Waals surface area (Å²) < 4.78 is 18.0. The average Bonchev–Trinajstić information content (AvgIpc) is 2.99. The summed E-state index contributed by atoms with van der Waals surface area (Å²) in [4.78, 5) is 28.1. The first-order valence-electron chi connectivity index (χ1n) is 8.12. The first kappa shape index (κ1) is 18.3. The van der Waals surface area contributed by atoms with E-state index in [-0.39, 0.29) is 28.9 Å². The van der Waals surface area contributed by atoms with Gasteiger partial charge in [0.15, 0.2) is 5.82 Å². The normalized spacial score (nSPS) is 15.1. The molecule has 2 heterocycles. The van der Waals surface area contributed by atoms with Crippen LogP contribution in [0.15, 0.2) is 28.8 Å². The molecule has 26 heavy (non-hydrogen) atoms. The van der Waals surface area contributed by atoms with E-state index in [2.05, 4.69) is 10.5 Å². The van der Waals surface area contributed by atoms with Gasteiger partial charge < -0.3 is 14.7 Å². The number of hydrogen-bond acceptors (Lipinski definition) is 5. The van der Waals surface area contributed by atoms with Gasteiger partial charge >= 0.3 is 0 Å². The van der Waals surface area contributed by atoms with Crippen LogP contribution in [0.5, 0.6) is 0 Å². The Balaban J connectivity index is 1.50. The molecule has 138 valence electrons. The zero-order chi connectivity index (χ0) is 18.7. The fourth-order valence-corrected chi connectivity index (χ4v) is 3.00. The number of amides is 2. The number of carbonyl (C=O) groups is 2. The minimum Gasteiger partial charge on any atom is -0.360 e. The van der Waals surface area contributed by atoms with Crippen LogP contribution in [-0.4, -0.2) is 59.5 Å². The number of benzene rings is 1. The monoisotopic (exact) mass is 380 g/mol. The zero-order valence-electron chi connectivity index (χ0n) is 14.2. The van der Waals surface area contributed by atoms with Crippen molar-refractivity contribution >= 4 is 29.2 Å². The first-order chi connectivity index (χ1) is 12.4. The summed E-state index contributed by atoms with van der Waals surface area (Å²) in [5.41, 5.74) is 0.278. The molecule has 1 aromatic carbocycles. The van der Waals surface area contributed by atoms with E-state index in [1.807, 2.05) is 4.90 Å². The van der Waals surface area contributed by atoms with Crippen molar-refractivity contribution in [2.24, 2.45) is 0 Å². The summed E-state index contributed by atoms with van der Waals surface area (Å²) in [6.45, 7) is 3.97. The molecule has 1 N–H and O–H groups in total. The fourth-order valence-electron chi connectivity index (χ4n) is 2.75. The molecule has 1 aliphatic rings. The lowest BCUT2D eigenvalue weighted by atomic mass is 10.1. The van der Waals surface area contributed by atoms with E-state index in [0.29, 0.717) is 37.8 Å². The van der Waals surface area contributed by atoms with Gasteiger partial charge in [-0.25, -0.2) is 4.39 Å². The smallest absolute Gasteiger partial charge is 0.255 e. The van der Waals surface area contributed by atoms with E-state index >= 15 is 0 Å². The molecule has 0 atom stereocenters. The zero-order valence-corrected chi connectivity index (χ0v) is 14.9. The van der Waals surface area contributed by atoms with Crippen molar-refractivity contribution in [3.8, 4) is 0 Å². The summed E-state index contributed by atoms with van der Waals surface area (Å²) in [5.74, 6) is 0.0839. The number of nitrogens with zero attached hydrogens (tertiary/aromatic N) is 3. The van der Waals surface area contributed by atoms with Crippen molar-refractivity contribution in [2.45, 2.75) is 6.92 Å². The highest BCUT2D eigenvalue weighted by atomic mass is 35.5. The summed E-state index contributed by atoms with van der Waals surface area (Å²) in [6, 6.07) is 5.37. The Kier molecular flexibility index (Phi) is 5.53. The Labute approximate surface area is 154 Å². The molecule has 0 radical (unpaired) electrons. The number of nitrogens with one attached hydrogen (secondary N) is 1.